The first-order valence-electron chi connectivity index (χ1n) is 17.3. The number of amides is 3. The lowest BCUT2D eigenvalue weighted by Gasteiger charge is -2.18. The minimum absolute atomic E-state index is 0.0175. The summed E-state index contributed by atoms with van der Waals surface area (Å²) in [7, 11) is 3.05. The van der Waals surface area contributed by atoms with Crippen LogP contribution in [0.25, 0.3) is 6.08 Å². The number of hydrogen-bond donors (Lipinski definition) is 3. The van der Waals surface area contributed by atoms with Gasteiger partial charge in [-0.05, 0) is 96.9 Å². The molecule has 10 nitrogen and oxygen atoms in total. The third-order valence-electron chi connectivity index (χ3n) is 8.09. The number of carbonyl (C=O) groups is 4. The van der Waals surface area contributed by atoms with Gasteiger partial charge >= 0.3 is 5.97 Å². The van der Waals surface area contributed by atoms with Gasteiger partial charge in [0.1, 0.15) is 22.4 Å². The molecule has 0 heterocycles. The van der Waals surface area contributed by atoms with Crippen LogP contribution in [0.4, 0.5) is 11.4 Å². The summed E-state index contributed by atoms with van der Waals surface area (Å²) < 4.78 is 16.1. The van der Waals surface area contributed by atoms with Gasteiger partial charge in [-0.25, -0.2) is 4.79 Å². The molecule has 0 spiro atoms. The molecule has 11 heteroatoms. The van der Waals surface area contributed by atoms with Crippen molar-refractivity contribution in [3.05, 3.63) is 155 Å². The van der Waals surface area contributed by atoms with Crippen molar-refractivity contribution in [1.29, 1.82) is 0 Å². The molecule has 0 saturated carbocycles. The minimum atomic E-state index is -0.620. The van der Waals surface area contributed by atoms with Gasteiger partial charge in [-0.1, -0.05) is 61.9 Å². The summed E-state index contributed by atoms with van der Waals surface area (Å²) in [6.45, 7) is 2.39. The number of anilines is 2. The van der Waals surface area contributed by atoms with Gasteiger partial charge in [-0.2, -0.15) is 0 Å². The van der Waals surface area contributed by atoms with Gasteiger partial charge in [0, 0.05) is 27.4 Å². The van der Waals surface area contributed by atoms with Gasteiger partial charge < -0.3 is 30.2 Å². The van der Waals surface area contributed by atoms with Gasteiger partial charge in [0.25, 0.3) is 11.8 Å². The standard InChI is InChI=1S/C43H41N3O7S/c1-4-5-26-53-43(50)31-16-18-33(19-17-31)45-42(49)39(29-12-8-6-9-13-29)54-36-23-20-34(21-24-36)44-41(48)37(46-40(47)30-14-10-7-11-15-30)28-32-27-35(51-2)22-25-38(32)52-3/h6-25,27-28,39H,4-5,26H2,1-3H3,(H,44,48)(H,45,49)(H,46,47)/b37-28-. The molecule has 0 saturated heterocycles. The molecule has 0 aromatic heterocycles. The van der Waals surface area contributed by atoms with E-state index in [0.29, 0.717) is 46.2 Å². The van der Waals surface area contributed by atoms with Gasteiger partial charge in [0.05, 0.1) is 26.4 Å². The number of nitrogens with one attached hydrogen (secondary N) is 3. The van der Waals surface area contributed by atoms with E-state index in [0.717, 1.165) is 23.3 Å². The average molecular weight is 744 g/mol. The van der Waals surface area contributed by atoms with Crippen LogP contribution in [0, 0.1) is 0 Å². The zero-order chi connectivity index (χ0) is 38.3. The molecule has 1 unspecified atom stereocenters. The molecule has 5 aromatic carbocycles. The highest BCUT2D eigenvalue weighted by molar-refractivity contribution is 8.00. The van der Waals surface area contributed by atoms with Crippen LogP contribution in [0.3, 0.4) is 0 Å². The van der Waals surface area contributed by atoms with E-state index in [-0.39, 0.29) is 11.6 Å². The quantitative estimate of drug-likeness (QED) is 0.0397. The fourth-order valence-corrected chi connectivity index (χ4v) is 6.22. The predicted octanol–water partition coefficient (Wildman–Crippen LogP) is 8.54. The van der Waals surface area contributed by atoms with Gasteiger partial charge in [-0.3, -0.25) is 14.4 Å². The first-order valence-corrected chi connectivity index (χ1v) is 18.2. The van der Waals surface area contributed by atoms with Crippen molar-refractivity contribution in [2.24, 2.45) is 0 Å². The van der Waals surface area contributed by atoms with E-state index in [9.17, 15) is 19.2 Å². The van der Waals surface area contributed by atoms with Crippen molar-refractivity contribution >= 4 is 52.9 Å². The van der Waals surface area contributed by atoms with Gasteiger partial charge in [0.2, 0.25) is 5.91 Å². The molecule has 0 aliphatic heterocycles. The molecule has 276 valence electrons. The summed E-state index contributed by atoms with van der Waals surface area (Å²) in [6.07, 6.45) is 3.25. The SMILES string of the molecule is CCCCOC(=O)c1ccc(NC(=O)C(Sc2ccc(NC(=O)/C(=C/c3cc(OC)ccc3OC)NC(=O)c3ccccc3)cc2)c2ccccc2)cc1. The minimum Gasteiger partial charge on any atom is -0.497 e. The topological polar surface area (TPSA) is 132 Å². The molecule has 5 aromatic rings. The maximum absolute atomic E-state index is 13.7. The fraction of sp³-hybridized carbons (Fsp3) is 0.163. The van der Waals surface area contributed by atoms with E-state index in [1.165, 1.54) is 32.1 Å². The molecular weight excluding hydrogens is 703 g/mol. The summed E-state index contributed by atoms with van der Waals surface area (Å²) in [5, 5.41) is 7.95. The third kappa shape index (κ3) is 10.8. The second-order valence-corrected chi connectivity index (χ2v) is 13.1. The van der Waals surface area contributed by atoms with Crippen LogP contribution in [0.15, 0.2) is 138 Å². The lowest BCUT2D eigenvalue weighted by atomic mass is 10.1. The van der Waals surface area contributed by atoms with Crippen LogP contribution < -0.4 is 25.4 Å². The Balaban J connectivity index is 1.32. The molecule has 0 aliphatic rings. The number of thioether (sulfide) groups is 1. The number of carbonyl (C=O) groups excluding carboxylic acids is 4. The van der Waals surface area contributed by atoms with E-state index in [1.807, 2.05) is 37.3 Å². The highest BCUT2D eigenvalue weighted by Gasteiger charge is 2.23. The van der Waals surface area contributed by atoms with E-state index in [2.05, 4.69) is 16.0 Å². The van der Waals surface area contributed by atoms with Crippen molar-refractivity contribution in [3.8, 4) is 11.5 Å². The Morgan fingerprint density at radius 2 is 1.37 bits per heavy atom. The number of esters is 1. The normalized spacial score (nSPS) is 11.5. The van der Waals surface area contributed by atoms with Crippen LogP contribution >= 0.6 is 11.8 Å². The Bertz CT molecular complexity index is 2070. The zero-order valence-electron chi connectivity index (χ0n) is 30.2. The largest absolute Gasteiger partial charge is 0.497 e. The molecule has 54 heavy (non-hydrogen) atoms. The van der Waals surface area contributed by atoms with Crippen LogP contribution in [0.5, 0.6) is 11.5 Å². The first-order chi connectivity index (χ1) is 26.3. The van der Waals surface area contributed by atoms with Crippen LogP contribution in [-0.2, 0) is 14.3 Å². The van der Waals surface area contributed by atoms with E-state index in [1.54, 1.807) is 97.1 Å². The second-order valence-electron chi connectivity index (χ2n) is 11.9. The molecule has 0 fully saturated rings. The number of ether oxygens (including phenoxy) is 3. The zero-order valence-corrected chi connectivity index (χ0v) is 31.0. The lowest BCUT2D eigenvalue weighted by molar-refractivity contribution is -0.116. The number of methoxy groups -OCH3 is 2. The molecule has 0 radical (unpaired) electrons. The summed E-state index contributed by atoms with van der Waals surface area (Å²) >= 11 is 1.34. The first kappa shape index (κ1) is 38.9. The lowest BCUT2D eigenvalue weighted by Crippen LogP contribution is -2.30. The average Bonchev–Trinajstić information content (AvgIpc) is 3.21. The highest BCUT2D eigenvalue weighted by Crippen LogP contribution is 2.37. The third-order valence-corrected chi connectivity index (χ3v) is 9.36. The number of hydrogen-bond acceptors (Lipinski definition) is 8. The highest BCUT2D eigenvalue weighted by atomic mass is 32.2. The van der Waals surface area contributed by atoms with E-state index < -0.39 is 23.0 Å². The van der Waals surface area contributed by atoms with Crippen LogP contribution in [0.1, 0.15) is 56.9 Å². The van der Waals surface area contributed by atoms with E-state index in [4.69, 9.17) is 14.2 Å². The Morgan fingerprint density at radius 3 is 2.02 bits per heavy atom. The summed E-state index contributed by atoms with van der Waals surface area (Å²) in [5.74, 6) is -0.654. The Morgan fingerprint density at radius 1 is 0.722 bits per heavy atom. The van der Waals surface area contributed by atoms with Crippen LogP contribution in [0.2, 0.25) is 0 Å². The number of benzene rings is 5. The second kappa shape index (κ2) is 19.5. The maximum Gasteiger partial charge on any atom is 0.338 e. The smallest absolute Gasteiger partial charge is 0.338 e. The van der Waals surface area contributed by atoms with Gasteiger partial charge in [0.15, 0.2) is 0 Å². The number of rotatable bonds is 16. The fourth-order valence-electron chi connectivity index (χ4n) is 5.19. The van der Waals surface area contributed by atoms with Crippen molar-refractivity contribution < 1.29 is 33.4 Å². The van der Waals surface area contributed by atoms with Crippen LogP contribution in [-0.4, -0.2) is 44.5 Å². The van der Waals surface area contributed by atoms with Crippen molar-refractivity contribution in [3.63, 3.8) is 0 Å². The summed E-state index contributed by atoms with van der Waals surface area (Å²) in [5.41, 5.74) is 3.10. The molecule has 5 rings (SSSR count). The van der Waals surface area contributed by atoms with E-state index >= 15 is 0 Å². The molecule has 1 atom stereocenters. The van der Waals surface area contributed by atoms with Gasteiger partial charge in [-0.15, -0.1) is 11.8 Å². The predicted molar refractivity (Wildman–Crippen MR) is 212 cm³/mol. The summed E-state index contributed by atoms with van der Waals surface area (Å²) in [4.78, 5) is 53.7. The number of unbranched alkanes of at least 4 members (excludes halogenated alkanes) is 1. The van der Waals surface area contributed by atoms with Crippen molar-refractivity contribution in [2.45, 2.75) is 29.9 Å². The molecule has 0 aliphatic carbocycles. The van der Waals surface area contributed by atoms with Crippen molar-refractivity contribution in [2.75, 3.05) is 31.5 Å². The Labute approximate surface area is 318 Å². The Hall–Kier alpha value is -6.33. The van der Waals surface area contributed by atoms with Crippen molar-refractivity contribution in [1.82, 2.24) is 5.32 Å². The maximum atomic E-state index is 13.7. The molecule has 3 amide bonds. The molecule has 0 bridgehead atoms. The monoisotopic (exact) mass is 743 g/mol. The summed E-state index contributed by atoms with van der Waals surface area (Å²) in [6, 6.07) is 36.8. The molecule has 3 N–H and O–H groups in total. The molecular formula is C43H41N3O7S. The Kier molecular flexibility index (Phi) is 14.0.